The van der Waals surface area contributed by atoms with Gasteiger partial charge in [0.05, 0.1) is 0 Å². The second-order valence-corrected chi connectivity index (χ2v) is 10.4. The second-order valence-electron chi connectivity index (χ2n) is 4.93. The molecule has 0 fully saturated rings. The molecule has 0 amide bonds. The quantitative estimate of drug-likeness (QED) is 0.496. The summed E-state index contributed by atoms with van der Waals surface area (Å²) in [6.07, 6.45) is 0. The molecule has 3 rings (SSSR count). The summed E-state index contributed by atoms with van der Waals surface area (Å²) in [5.41, 5.74) is 0. The topological polar surface area (TPSA) is 0 Å². The molecule has 3 aromatic carbocycles. The number of hydrogen-bond acceptors (Lipinski definition) is 0. The summed E-state index contributed by atoms with van der Waals surface area (Å²) in [7, 11) is -2.10. The van der Waals surface area contributed by atoms with Gasteiger partial charge in [0, 0.05) is 0 Å². The van der Waals surface area contributed by atoms with Crippen LogP contribution in [-0.2, 0) is 0 Å². The molecule has 2 heteroatoms. The van der Waals surface area contributed by atoms with Gasteiger partial charge in [0.1, 0.15) is 0 Å². The van der Waals surface area contributed by atoms with Crippen molar-refractivity contribution in [3.05, 3.63) is 72.8 Å². The third kappa shape index (κ3) is 2.32. The zero-order valence-electron chi connectivity index (χ0n) is 10.8. The molecule has 0 radical (unpaired) electrons. The summed E-state index contributed by atoms with van der Waals surface area (Å²) in [6, 6.07) is 25.4. The Kier molecular flexibility index (Phi) is 3.17. The van der Waals surface area contributed by atoms with Gasteiger partial charge in [0.2, 0.25) is 7.38 Å². The maximum atomic E-state index is 6.93. The summed E-state index contributed by atoms with van der Waals surface area (Å²) in [6.45, 7) is 2.19. The Hall–Kier alpha value is -1.57. The number of hydrogen-bond donors (Lipinski definition) is 0. The lowest BCUT2D eigenvalue weighted by atomic mass is 10.1. The molecule has 0 aliphatic rings. The molecule has 0 aromatic heterocycles. The van der Waals surface area contributed by atoms with Crippen LogP contribution in [0.5, 0.6) is 0 Å². The normalized spacial score (nSPS) is 14.2. The average molecular weight is 283 g/mol. The fourth-order valence-corrected chi connectivity index (χ4v) is 5.10. The molecule has 0 bridgehead atoms. The van der Waals surface area contributed by atoms with Crippen LogP contribution in [0.2, 0.25) is 6.55 Å². The van der Waals surface area contributed by atoms with E-state index in [0.29, 0.717) is 0 Å². The predicted octanol–water partition coefficient (Wildman–Crippen LogP) is 3.77. The molecule has 94 valence electrons. The van der Waals surface area contributed by atoms with E-state index in [0.717, 1.165) is 0 Å². The van der Waals surface area contributed by atoms with E-state index in [-0.39, 0.29) is 0 Å². The monoisotopic (exact) mass is 282 g/mol. The first-order valence-electron chi connectivity index (χ1n) is 6.42. The highest BCUT2D eigenvalue weighted by Gasteiger charge is 2.29. The summed E-state index contributed by atoms with van der Waals surface area (Å²) < 4.78 is 0. The zero-order chi connectivity index (χ0) is 13.3. The van der Waals surface area contributed by atoms with Crippen LogP contribution in [0.25, 0.3) is 10.8 Å². The van der Waals surface area contributed by atoms with Gasteiger partial charge in [-0.1, -0.05) is 72.8 Å². The third-order valence-corrected chi connectivity index (χ3v) is 7.73. The molecule has 0 N–H and O–H groups in total. The van der Waals surface area contributed by atoms with Crippen molar-refractivity contribution in [2.45, 2.75) is 6.55 Å². The van der Waals surface area contributed by atoms with E-state index >= 15 is 0 Å². The maximum absolute atomic E-state index is 6.93. The van der Waals surface area contributed by atoms with Crippen LogP contribution >= 0.6 is 11.1 Å². The number of fused-ring (bicyclic) bond motifs is 1. The summed E-state index contributed by atoms with van der Waals surface area (Å²) in [4.78, 5) is 0. The van der Waals surface area contributed by atoms with Crippen LogP contribution in [0, 0.1) is 0 Å². The van der Waals surface area contributed by atoms with Crippen molar-refractivity contribution >= 4 is 39.6 Å². The predicted molar refractivity (Wildman–Crippen MR) is 87.1 cm³/mol. The van der Waals surface area contributed by atoms with Gasteiger partial charge in [-0.3, -0.25) is 0 Å². The first-order chi connectivity index (χ1) is 9.18. The molecular formula is C17H15ClSi. The zero-order valence-corrected chi connectivity index (χ0v) is 12.6. The molecule has 0 heterocycles. The van der Waals surface area contributed by atoms with Crippen molar-refractivity contribution in [2.75, 3.05) is 0 Å². The highest BCUT2D eigenvalue weighted by Crippen LogP contribution is 2.16. The van der Waals surface area contributed by atoms with Crippen molar-refractivity contribution in [3.8, 4) is 0 Å². The van der Waals surface area contributed by atoms with Gasteiger partial charge in [-0.05, 0) is 27.7 Å². The van der Waals surface area contributed by atoms with Gasteiger partial charge in [-0.2, -0.15) is 11.1 Å². The minimum atomic E-state index is -2.10. The minimum absolute atomic E-state index is 1.26. The van der Waals surface area contributed by atoms with Crippen LogP contribution in [0.4, 0.5) is 0 Å². The third-order valence-electron chi connectivity index (χ3n) is 3.61. The Morgan fingerprint density at radius 2 is 1.32 bits per heavy atom. The van der Waals surface area contributed by atoms with Gasteiger partial charge in [-0.25, -0.2) is 0 Å². The summed E-state index contributed by atoms with van der Waals surface area (Å²) in [5, 5.41) is 5.04. The van der Waals surface area contributed by atoms with E-state index in [1.54, 1.807) is 0 Å². The molecule has 19 heavy (non-hydrogen) atoms. The van der Waals surface area contributed by atoms with Gasteiger partial charge in [-0.15, -0.1) is 0 Å². The van der Waals surface area contributed by atoms with Crippen LogP contribution < -0.4 is 10.4 Å². The molecule has 0 aliphatic heterocycles. The Morgan fingerprint density at radius 1 is 0.684 bits per heavy atom. The van der Waals surface area contributed by atoms with E-state index in [9.17, 15) is 0 Å². The Morgan fingerprint density at radius 3 is 2.05 bits per heavy atom. The average Bonchev–Trinajstić information content (AvgIpc) is 2.47. The molecular weight excluding hydrogens is 268 g/mol. The Bertz CT molecular complexity index is 705. The largest absolute Gasteiger partial charge is 0.214 e. The van der Waals surface area contributed by atoms with Crippen LogP contribution in [0.1, 0.15) is 0 Å². The van der Waals surface area contributed by atoms with E-state index in [1.165, 1.54) is 21.1 Å². The lowest BCUT2D eigenvalue weighted by Gasteiger charge is -2.21. The van der Waals surface area contributed by atoms with Crippen molar-refractivity contribution in [2.24, 2.45) is 0 Å². The molecule has 0 saturated carbocycles. The van der Waals surface area contributed by atoms with E-state index in [4.69, 9.17) is 11.1 Å². The number of rotatable bonds is 2. The summed E-state index contributed by atoms with van der Waals surface area (Å²) in [5.74, 6) is 0. The van der Waals surface area contributed by atoms with Gasteiger partial charge < -0.3 is 0 Å². The lowest BCUT2D eigenvalue weighted by molar-refractivity contribution is 1.73. The first-order valence-corrected chi connectivity index (χ1v) is 9.93. The molecule has 0 saturated heterocycles. The van der Waals surface area contributed by atoms with E-state index in [1.807, 2.05) is 6.07 Å². The standard InChI is InChI=1S/C17H15ClSi/c1-19(18,16-9-3-2-4-10-16)17-12-11-14-7-5-6-8-15(14)13-17/h2-13H,1H3. The Labute approximate surface area is 119 Å². The molecule has 0 nitrogen and oxygen atoms in total. The number of benzene rings is 3. The lowest BCUT2D eigenvalue weighted by Crippen LogP contribution is -2.50. The molecule has 0 spiro atoms. The van der Waals surface area contributed by atoms with Gasteiger partial charge >= 0.3 is 0 Å². The Balaban J connectivity index is 2.13. The van der Waals surface area contributed by atoms with Crippen molar-refractivity contribution in [3.63, 3.8) is 0 Å². The van der Waals surface area contributed by atoms with Crippen molar-refractivity contribution in [1.29, 1.82) is 0 Å². The fraction of sp³-hybridized carbons (Fsp3) is 0.0588. The highest BCUT2D eigenvalue weighted by atomic mass is 35.6. The van der Waals surface area contributed by atoms with Crippen LogP contribution in [0.15, 0.2) is 72.8 Å². The smallest absolute Gasteiger partial charge is 0.155 e. The van der Waals surface area contributed by atoms with E-state index in [2.05, 4.69) is 73.3 Å². The van der Waals surface area contributed by atoms with Crippen LogP contribution in [0.3, 0.4) is 0 Å². The van der Waals surface area contributed by atoms with Gasteiger partial charge in [0.25, 0.3) is 0 Å². The molecule has 1 atom stereocenters. The minimum Gasteiger partial charge on any atom is -0.155 e. The first kappa shape index (κ1) is 12.5. The summed E-state index contributed by atoms with van der Waals surface area (Å²) >= 11 is 6.93. The van der Waals surface area contributed by atoms with E-state index < -0.39 is 7.38 Å². The van der Waals surface area contributed by atoms with Crippen LogP contribution in [-0.4, -0.2) is 7.38 Å². The molecule has 3 aromatic rings. The molecule has 0 aliphatic carbocycles. The highest BCUT2D eigenvalue weighted by molar-refractivity contribution is 7.33. The maximum Gasteiger partial charge on any atom is 0.214 e. The number of halogens is 1. The SMILES string of the molecule is C[Si](Cl)(c1ccccc1)c1ccc2ccccc2c1. The van der Waals surface area contributed by atoms with Crippen molar-refractivity contribution in [1.82, 2.24) is 0 Å². The van der Waals surface area contributed by atoms with Crippen molar-refractivity contribution < 1.29 is 0 Å². The fourth-order valence-electron chi connectivity index (χ4n) is 2.40. The second kappa shape index (κ2) is 4.84. The molecule has 1 unspecified atom stereocenters. The van der Waals surface area contributed by atoms with Gasteiger partial charge in [0.15, 0.2) is 0 Å².